The van der Waals surface area contributed by atoms with E-state index in [1.54, 1.807) is 37.4 Å². The summed E-state index contributed by atoms with van der Waals surface area (Å²) in [7, 11) is 1.58. The minimum absolute atomic E-state index is 0.0393. The monoisotopic (exact) mass is 510 g/mol. The fourth-order valence-electron chi connectivity index (χ4n) is 4.14. The van der Waals surface area contributed by atoms with E-state index in [0.717, 1.165) is 20.7 Å². The van der Waals surface area contributed by atoms with Crippen LogP contribution >= 0.6 is 34.3 Å². The quantitative estimate of drug-likeness (QED) is 0.199. The number of aliphatic hydroxyl groups is 1. The number of rotatable bonds is 4. The van der Waals surface area contributed by atoms with Gasteiger partial charge in [0.15, 0.2) is 5.13 Å². The van der Waals surface area contributed by atoms with Crippen molar-refractivity contribution in [3.05, 3.63) is 80.0 Å². The number of aliphatic hydroxyl groups excluding tert-OH is 1. The van der Waals surface area contributed by atoms with Crippen LogP contribution in [0.15, 0.2) is 53.4 Å². The number of benzene rings is 2. The van der Waals surface area contributed by atoms with E-state index < -0.39 is 17.7 Å². The molecule has 1 saturated heterocycles. The summed E-state index contributed by atoms with van der Waals surface area (Å²) in [6, 6.07) is 11.8. The van der Waals surface area contributed by atoms with E-state index in [9.17, 15) is 14.7 Å². The Morgan fingerprint density at radius 2 is 1.94 bits per heavy atom. The minimum atomic E-state index is -0.794. The summed E-state index contributed by atoms with van der Waals surface area (Å²) in [5, 5.41) is 14.2. The molecule has 5 rings (SSSR count). The Labute approximate surface area is 208 Å². The number of hydrogen-bond donors (Lipinski definition) is 1. The summed E-state index contributed by atoms with van der Waals surface area (Å²) in [4.78, 5) is 33.4. The molecular formula is C25H19ClN2O4S2. The number of fused-ring (bicyclic) bond motifs is 1. The number of halogens is 1. The normalized spacial score (nSPS) is 17.6. The summed E-state index contributed by atoms with van der Waals surface area (Å²) in [5.74, 6) is -1.02. The number of ether oxygens (including phenoxy) is 1. The smallest absolute Gasteiger partial charge is 0.301 e. The van der Waals surface area contributed by atoms with Gasteiger partial charge in [-0.05, 0) is 66.8 Å². The van der Waals surface area contributed by atoms with Gasteiger partial charge in [-0.1, -0.05) is 29.0 Å². The molecule has 2 aromatic carbocycles. The Balaban J connectivity index is 1.72. The van der Waals surface area contributed by atoms with Crippen LogP contribution in [0.2, 0.25) is 5.02 Å². The first-order chi connectivity index (χ1) is 16.3. The van der Waals surface area contributed by atoms with E-state index in [1.807, 2.05) is 31.4 Å². The Morgan fingerprint density at radius 3 is 2.65 bits per heavy atom. The van der Waals surface area contributed by atoms with E-state index in [4.69, 9.17) is 16.3 Å². The Morgan fingerprint density at radius 1 is 1.15 bits per heavy atom. The fraction of sp³-hybridized carbons (Fsp3) is 0.160. The van der Waals surface area contributed by atoms with Gasteiger partial charge in [-0.3, -0.25) is 14.5 Å². The van der Waals surface area contributed by atoms with Crippen molar-refractivity contribution in [1.82, 2.24) is 4.98 Å². The molecule has 4 aromatic rings. The first kappa shape index (κ1) is 22.6. The molecular weight excluding hydrogens is 492 g/mol. The topological polar surface area (TPSA) is 79.7 Å². The Bertz CT molecular complexity index is 1490. The van der Waals surface area contributed by atoms with E-state index in [0.29, 0.717) is 27.0 Å². The van der Waals surface area contributed by atoms with Gasteiger partial charge < -0.3 is 9.84 Å². The molecule has 6 nitrogen and oxygen atoms in total. The summed E-state index contributed by atoms with van der Waals surface area (Å²) in [6.45, 7) is 3.68. The number of Topliss-reactive ketones (excluding diaryl/α,β-unsaturated/α-hetero) is 1. The summed E-state index contributed by atoms with van der Waals surface area (Å²) in [6.07, 6.45) is 0. The third kappa shape index (κ3) is 3.58. The van der Waals surface area contributed by atoms with Gasteiger partial charge in [0.25, 0.3) is 5.78 Å². The molecule has 1 atom stereocenters. The highest BCUT2D eigenvalue weighted by molar-refractivity contribution is 7.22. The molecule has 1 aliphatic heterocycles. The standard InChI is InChI=1S/C25H19ClN2O4S2/c1-12-10-17(32-3)13(2)9-15(12)22(29)20-21(18-5-4-8-33-18)28(24(31)23(20)30)25-27-16-7-6-14(26)11-19(16)34-25/h4-11,21,29H,1-3H3/b22-20+. The van der Waals surface area contributed by atoms with Gasteiger partial charge in [0.2, 0.25) is 0 Å². The van der Waals surface area contributed by atoms with Crippen molar-refractivity contribution in [2.75, 3.05) is 12.0 Å². The Kier molecular flexibility index (Phi) is 5.67. The highest BCUT2D eigenvalue weighted by atomic mass is 35.5. The van der Waals surface area contributed by atoms with Gasteiger partial charge in [0, 0.05) is 15.5 Å². The molecule has 0 bridgehead atoms. The van der Waals surface area contributed by atoms with Crippen LogP contribution in [-0.2, 0) is 9.59 Å². The number of carbonyl (C=O) groups is 2. The zero-order valence-electron chi connectivity index (χ0n) is 18.5. The summed E-state index contributed by atoms with van der Waals surface area (Å²) < 4.78 is 6.18. The van der Waals surface area contributed by atoms with Crippen LogP contribution in [0.3, 0.4) is 0 Å². The lowest BCUT2D eigenvalue weighted by Gasteiger charge is -2.21. The molecule has 34 heavy (non-hydrogen) atoms. The number of ketones is 1. The third-order valence-corrected chi connectivity index (χ3v) is 7.98. The van der Waals surface area contributed by atoms with Crippen molar-refractivity contribution >= 4 is 67.1 Å². The van der Waals surface area contributed by atoms with Gasteiger partial charge in [0.05, 0.1) is 22.9 Å². The van der Waals surface area contributed by atoms with Gasteiger partial charge in [-0.25, -0.2) is 4.98 Å². The number of aromatic nitrogens is 1. The predicted octanol–water partition coefficient (Wildman–Crippen LogP) is 6.26. The molecule has 0 radical (unpaired) electrons. The largest absolute Gasteiger partial charge is 0.507 e. The van der Waals surface area contributed by atoms with Crippen LogP contribution in [0.5, 0.6) is 5.75 Å². The predicted molar refractivity (Wildman–Crippen MR) is 136 cm³/mol. The molecule has 172 valence electrons. The molecule has 3 heterocycles. The molecule has 0 spiro atoms. The average Bonchev–Trinajstić information content (AvgIpc) is 3.53. The lowest BCUT2D eigenvalue weighted by molar-refractivity contribution is -0.132. The van der Waals surface area contributed by atoms with Crippen molar-refractivity contribution in [2.24, 2.45) is 0 Å². The second kappa shape index (κ2) is 8.54. The molecule has 1 unspecified atom stereocenters. The lowest BCUT2D eigenvalue weighted by Crippen LogP contribution is -2.28. The molecule has 0 aliphatic carbocycles. The SMILES string of the molecule is COc1cc(C)c(/C(O)=C2\C(=O)C(=O)N(c3nc4ccc(Cl)cc4s3)C2c2cccs2)cc1C. The van der Waals surface area contributed by atoms with Crippen LogP contribution in [0.1, 0.15) is 27.6 Å². The van der Waals surface area contributed by atoms with Crippen LogP contribution < -0.4 is 9.64 Å². The van der Waals surface area contributed by atoms with E-state index in [2.05, 4.69) is 4.98 Å². The maximum absolute atomic E-state index is 13.3. The number of methoxy groups -OCH3 is 1. The first-order valence-corrected chi connectivity index (χ1v) is 12.4. The van der Waals surface area contributed by atoms with Crippen LogP contribution in [-0.4, -0.2) is 28.9 Å². The van der Waals surface area contributed by atoms with Gasteiger partial charge in [-0.15, -0.1) is 11.3 Å². The second-order valence-corrected chi connectivity index (χ2v) is 10.4. The van der Waals surface area contributed by atoms with Gasteiger partial charge in [-0.2, -0.15) is 0 Å². The third-order valence-electron chi connectivity index (χ3n) is 5.80. The van der Waals surface area contributed by atoms with E-state index in [1.165, 1.54) is 27.6 Å². The minimum Gasteiger partial charge on any atom is -0.507 e. The van der Waals surface area contributed by atoms with Crippen LogP contribution in [0.25, 0.3) is 16.0 Å². The maximum Gasteiger partial charge on any atom is 0.301 e. The van der Waals surface area contributed by atoms with Crippen molar-refractivity contribution in [1.29, 1.82) is 0 Å². The summed E-state index contributed by atoms with van der Waals surface area (Å²) in [5.41, 5.74) is 2.73. The zero-order valence-corrected chi connectivity index (χ0v) is 20.8. The molecule has 1 aliphatic rings. The number of aryl methyl sites for hydroxylation is 2. The van der Waals surface area contributed by atoms with Gasteiger partial charge in [0.1, 0.15) is 17.6 Å². The number of carbonyl (C=O) groups excluding carboxylic acids is 2. The summed E-state index contributed by atoms with van der Waals surface area (Å²) >= 11 is 8.81. The molecule has 1 amide bonds. The molecule has 2 aromatic heterocycles. The number of thiazole rings is 1. The van der Waals surface area contributed by atoms with Crippen LogP contribution in [0, 0.1) is 13.8 Å². The highest BCUT2D eigenvalue weighted by Crippen LogP contribution is 2.46. The fourth-order valence-corrected chi connectivity index (χ4v) is 6.24. The molecule has 0 saturated carbocycles. The average molecular weight is 511 g/mol. The number of anilines is 1. The zero-order chi connectivity index (χ0) is 24.1. The lowest BCUT2D eigenvalue weighted by atomic mass is 9.96. The maximum atomic E-state index is 13.3. The number of hydrogen-bond acceptors (Lipinski definition) is 7. The van der Waals surface area contributed by atoms with E-state index in [-0.39, 0.29) is 11.3 Å². The van der Waals surface area contributed by atoms with Crippen molar-refractivity contribution in [3.63, 3.8) is 0 Å². The van der Waals surface area contributed by atoms with Crippen molar-refractivity contribution in [3.8, 4) is 5.75 Å². The molecule has 9 heteroatoms. The second-order valence-electron chi connectivity index (χ2n) is 7.93. The number of thiophene rings is 1. The van der Waals surface area contributed by atoms with Crippen molar-refractivity contribution in [2.45, 2.75) is 19.9 Å². The molecule has 1 N–H and O–H groups in total. The molecule has 1 fully saturated rings. The van der Waals surface area contributed by atoms with Crippen LogP contribution in [0.4, 0.5) is 5.13 Å². The number of nitrogens with zero attached hydrogens (tertiary/aromatic N) is 2. The highest BCUT2D eigenvalue weighted by Gasteiger charge is 2.48. The van der Waals surface area contributed by atoms with Gasteiger partial charge >= 0.3 is 5.91 Å². The van der Waals surface area contributed by atoms with E-state index >= 15 is 0 Å². The Hall–Kier alpha value is -3.20. The van der Waals surface area contributed by atoms with Crippen molar-refractivity contribution < 1.29 is 19.4 Å². The number of amides is 1. The first-order valence-electron chi connectivity index (χ1n) is 10.4.